The van der Waals surface area contributed by atoms with E-state index in [1.807, 2.05) is 0 Å². The van der Waals surface area contributed by atoms with Crippen molar-refractivity contribution in [3.05, 3.63) is 33.3 Å². The van der Waals surface area contributed by atoms with E-state index in [4.69, 9.17) is 17.3 Å². The minimum Gasteiger partial charge on any atom is -0.330 e. The van der Waals surface area contributed by atoms with Gasteiger partial charge in [-0.25, -0.2) is 0 Å². The molecule has 116 valence electrons. The molecule has 0 saturated heterocycles. The summed E-state index contributed by atoms with van der Waals surface area (Å²) in [5.74, 6) is 0.201. The van der Waals surface area contributed by atoms with Crippen LogP contribution in [0.4, 0.5) is 11.4 Å². The van der Waals surface area contributed by atoms with E-state index in [1.165, 1.54) is 18.2 Å². The first-order valence-corrected chi connectivity index (χ1v) is 7.15. The maximum Gasteiger partial charge on any atom is 0.292 e. The number of nitro benzene ring substituents is 1. The lowest BCUT2D eigenvalue weighted by Crippen LogP contribution is -2.23. The summed E-state index contributed by atoms with van der Waals surface area (Å²) in [6.45, 7) is 4.52. The molecule has 0 heterocycles. The molecule has 1 aromatic rings. The predicted molar refractivity (Wildman–Crippen MR) is 83.4 cm³/mol. The Morgan fingerprint density at radius 3 is 2.67 bits per heavy atom. The van der Waals surface area contributed by atoms with Crippen molar-refractivity contribution >= 4 is 28.9 Å². The summed E-state index contributed by atoms with van der Waals surface area (Å²) < 4.78 is 0. The van der Waals surface area contributed by atoms with Gasteiger partial charge in [0.05, 0.1) is 4.92 Å². The smallest absolute Gasteiger partial charge is 0.292 e. The first-order chi connectivity index (χ1) is 9.83. The minimum atomic E-state index is -0.555. The van der Waals surface area contributed by atoms with Gasteiger partial charge < -0.3 is 11.1 Å². The Labute approximate surface area is 128 Å². The van der Waals surface area contributed by atoms with Crippen molar-refractivity contribution in [2.45, 2.75) is 26.7 Å². The number of nitrogens with two attached hydrogens (primary N) is 1. The van der Waals surface area contributed by atoms with E-state index in [1.54, 1.807) is 0 Å². The number of carbonyl (C=O) groups excluding carboxylic acids is 1. The lowest BCUT2D eigenvalue weighted by Gasteiger charge is -2.16. The molecule has 3 N–H and O–H groups in total. The number of halogens is 1. The molecule has 0 spiro atoms. The van der Waals surface area contributed by atoms with Crippen LogP contribution in [0, 0.1) is 22.0 Å². The molecule has 0 saturated carbocycles. The van der Waals surface area contributed by atoms with Crippen molar-refractivity contribution in [1.82, 2.24) is 0 Å². The van der Waals surface area contributed by atoms with Gasteiger partial charge in [-0.2, -0.15) is 0 Å². The second-order valence-corrected chi connectivity index (χ2v) is 5.84. The molecule has 0 aliphatic carbocycles. The number of amides is 1. The number of rotatable bonds is 7. The van der Waals surface area contributed by atoms with Gasteiger partial charge in [-0.3, -0.25) is 14.9 Å². The molecule has 1 atom stereocenters. The third-order valence-corrected chi connectivity index (χ3v) is 3.28. The Bertz CT molecular complexity index is 520. The average molecular weight is 314 g/mol. The monoisotopic (exact) mass is 313 g/mol. The fourth-order valence-electron chi connectivity index (χ4n) is 2.16. The summed E-state index contributed by atoms with van der Waals surface area (Å²) in [4.78, 5) is 22.4. The van der Waals surface area contributed by atoms with E-state index in [-0.39, 0.29) is 29.6 Å². The summed E-state index contributed by atoms with van der Waals surface area (Å²) in [5, 5.41) is 13.8. The molecule has 0 bridgehead atoms. The number of benzene rings is 1. The van der Waals surface area contributed by atoms with Gasteiger partial charge >= 0.3 is 0 Å². The summed E-state index contributed by atoms with van der Waals surface area (Å²) in [7, 11) is 0. The van der Waals surface area contributed by atoms with Crippen LogP contribution in [-0.2, 0) is 4.79 Å². The molecular weight excluding hydrogens is 294 g/mol. The Morgan fingerprint density at radius 2 is 2.14 bits per heavy atom. The minimum absolute atomic E-state index is 0.0586. The fraction of sp³-hybridized carbons (Fsp3) is 0.500. The topological polar surface area (TPSA) is 98.3 Å². The van der Waals surface area contributed by atoms with Crippen LogP contribution in [0.15, 0.2) is 18.2 Å². The van der Waals surface area contributed by atoms with Crippen molar-refractivity contribution in [3.8, 4) is 0 Å². The van der Waals surface area contributed by atoms with E-state index in [0.717, 1.165) is 6.42 Å². The van der Waals surface area contributed by atoms with Gasteiger partial charge in [-0.05, 0) is 36.9 Å². The highest BCUT2D eigenvalue weighted by molar-refractivity contribution is 6.31. The SMILES string of the molecule is CC(C)C[C@H](CN)CC(=O)Nc1cc(Cl)ccc1[N+](=O)[O-]. The fourth-order valence-corrected chi connectivity index (χ4v) is 2.33. The molecule has 0 aliphatic heterocycles. The zero-order valence-electron chi connectivity index (χ0n) is 12.1. The first-order valence-electron chi connectivity index (χ1n) is 6.77. The molecule has 0 radical (unpaired) electrons. The zero-order valence-corrected chi connectivity index (χ0v) is 12.9. The molecule has 7 heteroatoms. The van der Waals surface area contributed by atoms with Crippen LogP contribution >= 0.6 is 11.6 Å². The van der Waals surface area contributed by atoms with Gasteiger partial charge in [-0.1, -0.05) is 25.4 Å². The van der Waals surface area contributed by atoms with Crippen LogP contribution in [0.25, 0.3) is 0 Å². The lowest BCUT2D eigenvalue weighted by atomic mass is 9.94. The van der Waals surface area contributed by atoms with E-state index in [0.29, 0.717) is 17.5 Å². The standard InChI is InChI=1S/C14H20ClN3O3/c1-9(2)5-10(8-16)6-14(19)17-12-7-11(15)3-4-13(12)18(20)21/h3-4,7,9-10H,5-6,8,16H2,1-2H3,(H,17,19)/t10-/m0/s1. The average Bonchev–Trinajstić information content (AvgIpc) is 2.36. The Morgan fingerprint density at radius 1 is 1.48 bits per heavy atom. The van der Waals surface area contributed by atoms with Crippen LogP contribution in [-0.4, -0.2) is 17.4 Å². The molecule has 0 aromatic heterocycles. The second-order valence-electron chi connectivity index (χ2n) is 5.40. The predicted octanol–water partition coefficient (Wildman–Crippen LogP) is 3.20. The second kappa shape index (κ2) is 7.95. The van der Waals surface area contributed by atoms with E-state index in [2.05, 4.69) is 19.2 Å². The van der Waals surface area contributed by atoms with Crippen molar-refractivity contribution < 1.29 is 9.72 Å². The number of nitro groups is 1. The highest BCUT2D eigenvalue weighted by Crippen LogP contribution is 2.28. The van der Waals surface area contributed by atoms with Gasteiger partial charge in [0.15, 0.2) is 0 Å². The number of nitrogens with zero attached hydrogens (tertiary/aromatic N) is 1. The molecule has 21 heavy (non-hydrogen) atoms. The van der Waals surface area contributed by atoms with Gasteiger partial charge in [0.1, 0.15) is 5.69 Å². The summed E-state index contributed by atoms with van der Waals surface area (Å²) in [6.07, 6.45) is 1.07. The Kier molecular flexibility index (Phi) is 6.58. The maximum absolute atomic E-state index is 12.0. The van der Waals surface area contributed by atoms with E-state index >= 15 is 0 Å². The van der Waals surface area contributed by atoms with Crippen LogP contribution in [0.1, 0.15) is 26.7 Å². The number of nitrogens with one attached hydrogen (secondary N) is 1. The quantitative estimate of drug-likeness (QED) is 0.596. The lowest BCUT2D eigenvalue weighted by molar-refractivity contribution is -0.383. The maximum atomic E-state index is 12.0. The van der Waals surface area contributed by atoms with E-state index in [9.17, 15) is 14.9 Å². The molecule has 0 fully saturated rings. The molecule has 6 nitrogen and oxygen atoms in total. The first kappa shape index (κ1) is 17.4. The van der Waals surface area contributed by atoms with Crippen molar-refractivity contribution in [1.29, 1.82) is 0 Å². The summed E-state index contributed by atoms with van der Waals surface area (Å²) >= 11 is 5.81. The van der Waals surface area contributed by atoms with Crippen LogP contribution in [0.3, 0.4) is 0 Å². The van der Waals surface area contributed by atoms with E-state index < -0.39 is 4.92 Å². The molecule has 1 rings (SSSR count). The Hall–Kier alpha value is -1.66. The Balaban J connectivity index is 2.78. The third-order valence-electron chi connectivity index (χ3n) is 3.04. The van der Waals surface area contributed by atoms with Crippen LogP contribution < -0.4 is 11.1 Å². The normalized spacial score (nSPS) is 12.2. The van der Waals surface area contributed by atoms with Gasteiger partial charge in [0.2, 0.25) is 5.91 Å². The molecule has 0 unspecified atom stereocenters. The number of anilines is 1. The van der Waals surface area contributed by atoms with Gasteiger partial charge in [-0.15, -0.1) is 0 Å². The molecule has 1 amide bonds. The number of hydrogen-bond acceptors (Lipinski definition) is 4. The van der Waals surface area contributed by atoms with Crippen molar-refractivity contribution in [3.63, 3.8) is 0 Å². The van der Waals surface area contributed by atoms with Crippen LogP contribution in [0.2, 0.25) is 5.02 Å². The van der Waals surface area contributed by atoms with Gasteiger partial charge in [0, 0.05) is 17.5 Å². The summed E-state index contributed by atoms with van der Waals surface area (Å²) in [6, 6.07) is 4.06. The molecule has 0 aliphatic rings. The molecular formula is C14H20ClN3O3. The summed E-state index contributed by atoms with van der Waals surface area (Å²) in [5.41, 5.74) is 5.59. The largest absolute Gasteiger partial charge is 0.330 e. The van der Waals surface area contributed by atoms with Crippen molar-refractivity contribution in [2.75, 3.05) is 11.9 Å². The highest BCUT2D eigenvalue weighted by Gasteiger charge is 2.19. The number of hydrogen-bond donors (Lipinski definition) is 2. The third kappa shape index (κ3) is 5.69. The zero-order chi connectivity index (χ0) is 16.0. The van der Waals surface area contributed by atoms with Gasteiger partial charge in [0.25, 0.3) is 5.69 Å². The van der Waals surface area contributed by atoms with Crippen LogP contribution in [0.5, 0.6) is 0 Å². The van der Waals surface area contributed by atoms with Crippen molar-refractivity contribution in [2.24, 2.45) is 17.6 Å². The highest BCUT2D eigenvalue weighted by atomic mass is 35.5. The molecule has 1 aromatic carbocycles. The number of carbonyl (C=O) groups is 1.